The second-order valence-electron chi connectivity index (χ2n) is 6.24. The van der Waals surface area contributed by atoms with Gasteiger partial charge in [-0.3, -0.25) is 14.5 Å². The third-order valence-corrected chi connectivity index (χ3v) is 4.67. The van der Waals surface area contributed by atoms with Crippen LogP contribution in [0, 0.1) is 5.41 Å². The molecule has 0 spiro atoms. The maximum atomic E-state index is 12.4. The van der Waals surface area contributed by atoms with Crippen LogP contribution in [0.4, 0.5) is 0 Å². The largest absolute Gasteiger partial charge is 0.481 e. The van der Waals surface area contributed by atoms with E-state index in [1.165, 1.54) is 12.8 Å². The summed E-state index contributed by atoms with van der Waals surface area (Å²) in [5, 5.41) is 9.56. The van der Waals surface area contributed by atoms with Crippen LogP contribution >= 0.6 is 0 Å². The molecule has 0 saturated carbocycles. The first-order valence-electron chi connectivity index (χ1n) is 7.81. The van der Waals surface area contributed by atoms with Crippen molar-refractivity contribution in [3.8, 4) is 0 Å². The number of amides is 1. The van der Waals surface area contributed by atoms with Gasteiger partial charge in [0.2, 0.25) is 5.91 Å². The molecule has 2 heterocycles. The summed E-state index contributed by atoms with van der Waals surface area (Å²) in [5.41, 5.74) is -0.715. The summed E-state index contributed by atoms with van der Waals surface area (Å²) in [6.45, 7) is 5.57. The highest BCUT2D eigenvalue weighted by atomic mass is 16.4. The first kappa shape index (κ1) is 15.3. The fraction of sp³-hybridized carbons (Fsp3) is 0.867. The number of carbonyl (C=O) groups is 2. The Labute approximate surface area is 120 Å². The third kappa shape index (κ3) is 3.32. The quantitative estimate of drug-likeness (QED) is 0.831. The number of carboxylic acid groups (broad SMARTS) is 1. The summed E-state index contributed by atoms with van der Waals surface area (Å²) < 4.78 is 0. The van der Waals surface area contributed by atoms with Crippen molar-refractivity contribution < 1.29 is 14.7 Å². The summed E-state index contributed by atoms with van der Waals surface area (Å²) in [5.74, 6) is -0.633. The molecule has 1 N–H and O–H groups in total. The minimum absolute atomic E-state index is 0.105. The molecule has 0 bridgehead atoms. The molecule has 0 aromatic rings. The van der Waals surface area contributed by atoms with Crippen LogP contribution in [0.1, 0.15) is 45.4 Å². The standard InChI is InChI=1S/C15H26N2O3/c1-2-6-15(14(19)20)7-5-10-17(12-15)13(18)11-16-8-3-4-9-16/h2-12H2,1H3,(H,19,20). The Hall–Kier alpha value is -1.10. The van der Waals surface area contributed by atoms with E-state index < -0.39 is 11.4 Å². The van der Waals surface area contributed by atoms with Crippen LogP contribution in [0.2, 0.25) is 0 Å². The van der Waals surface area contributed by atoms with E-state index in [1.807, 2.05) is 6.92 Å². The molecule has 1 unspecified atom stereocenters. The van der Waals surface area contributed by atoms with E-state index in [-0.39, 0.29) is 5.91 Å². The molecule has 2 aliphatic rings. The smallest absolute Gasteiger partial charge is 0.311 e. The number of likely N-dealkylation sites (tertiary alicyclic amines) is 2. The molecule has 1 amide bonds. The zero-order valence-corrected chi connectivity index (χ0v) is 12.4. The SMILES string of the molecule is CCCC1(C(=O)O)CCCN(C(=O)CN2CCCC2)C1. The molecule has 2 aliphatic heterocycles. The van der Waals surface area contributed by atoms with Gasteiger partial charge in [-0.05, 0) is 45.2 Å². The molecular formula is C15H26N2O3. The number of carboxylic acids is 1. The number of aliphatic carboxylic acids is 1. The van der Waals surface area contributed by atoms with Crippen LogP contribution in [0.5, 0.6) is 0 Å². The van der Waals surface area contributed by atoms with Crippen molar-refractivity contribution in [3.05, 3.63) is 0 Å². The minimum Gasteiger partial charge on any atom is -0.481 e. The number of rotatable bonds is 5. The first-order chi connectivity index (χ1) is 9.57. The van der Waals surface area contributed by atoms with Crippen LogP contribution in [-0.4, -0.2) is 59.5 Å². The van der Waals surface area contributed by atoms with E-state index in [0.717, 1.165) is 25.9 Å². The van der Waals surface area contributed by atoms with Gasteiger partial charge < -0.3 is 10.0 Å². The molecule has 1 atom stereocenters. The zero-order valence-electron chi connectivity index (χ0n) is 12.4. The fourth-order valence-corrected chi connectivity index (χ4v) is 3.54. The summed E-state index contributed by atoms with van der Waals surface area (Å²) >= 11 is 0. The van der Waals surface area contributed by atoms with Gasteiger partial charge in [0.25, 0.3) is 0 Å². The van der Waals surface area contributed by atoms with E-state index in [4.69, 9.17) is 0 Å². The van der Waals surface area contributed by atoms with E-state index in [1.54, 1.807) is 4.90 Å². The molecule has 2 fully saturated rings. The van der Waals surface area contributed by atoms with E-state index in [9.17, 15) is 14.7 Å². The first-order valence-corrected chi connectivity index (χ1v) is 7.81. The summed E-state index contributed by atoms with van der Waals surface area (Å²) in [4.78, 5) is 28.0. The van der Waals surface area contributed by atoms with Crippen LogP contribution in [0.3, 0.4) is 0 Å². The van der Waals surface area contributed by atoms with E-state index >= 15 is 0 Å². The molecular weight excluding hydrogens is 256 g/mol. The van der Waals surface area contributed by atoms with Gasteiger partial charge in [0.05, 0.1) is 12.0 Å². The minimum atomic E-state index is -0.738. The van der Waals surface area contributed by atoms with Crippen LogP contribution in [-0.2, 0) is 9.59 Å². The average molecular weight is 282 g/mol. The lowest BCUT2D eigenvalue weighted by molar-refractivity contribution is -0.155. The van der Waals surface area contributed by atoms with Crippen LogP contribution in [0.15, 0.2) is 0 Å². The number of piperidine rings is 1. The fourth-order valence-electron chi connectivity index (χ4n) is 3.54. The molecule has 0 aromatic carbocycles. The highest BCUT2D eigenvalue weighted by molar-refractivity contribution is 5.81. The Morgan fingerprint density at radius 2 is 1.85 bits per heavy atom. The summed E-state index contributed by atoms with van der Waals surface area (Å²) in [6, 6.07) is 0. The van der Waals surface area contributed by atoms with Gasteiger partial charge in [0.1, 0.15) is 0 Å². The highest BCUT2D eigenvalue weighted by Crippen LogP contribution is 2.35. The van der Waals surface area contributed by atoms with Crippen LogP contribution < -0.4 is 0 Å². The average Bonchev–Trinajstić information content (AvgIpc) is 2.92. The van der Waals surface area contributed by atoms with Crippen molar-refractivity contribution in [1.29, 1.82) is 0 Å². The molecule has 5 heteroatoms. The van der Waals surface area contributed by atoms with Crippen molar-refractivity contribution >= 4 is 11.9 Å². The molecule has 20 heavy (non-hydrogen) atoms. The van der Waals surface area contributed by atoms with Crippen molar-refractivity contribution in [1.82, 2.24) is 9.80 Å². The predicted molar refractivity (Wildman–Crippen MR) is 76.5 cm³/mol. The van der Waals surface area contributed by atoms with Gasteiger partial charge in [-0.1, -0.05) is 13.3 Å². The second kappa shape index (κ2) is 6.57. The third-order valence-electron chi connectivity index (χ3n) is 4.67. The lowest BCUT2D eigenvalue weighted by Gasteiger charge is -2.40. The lowest BCUT2D eigenvalue weighted by atomic mass is 9.76. The van der Waals surface area contributed by atoms with E-state index in [0.29, 0.717) is 32.5 Å². The number of carbonyl (C=O) groups excluding carboxylic acids is 1. The van der Waals surface area contributed by atoms with Crippen molar-refractivity contribution in [2.75, 3.05) is 32.7 Å². The molecule has 114 valence electrons. The summed E-state index contributed by atoms with van der Waals surface area (Å²) in [6.07, 6.45) is 5.35. The Morgan fingerprint density at radius 1 is 1.15 bits per heavy atom. The zero-order chi connectivity index (χ0) is 14.6. The van der Waals surface area contributed by atoms with Gasteiger partial charge in [-0.25, -0.2) is 0 Å². The van der Waals surface area contributed by atoms with Gasteiger partial charge >= 0.3 is 5.97 Å². The Bertz CT molecular complexity index is 362. The monoisotopic (exact) mass is 282 g/mol. The molecule has 2 saturated heterocycles. The van der Waals surface area contributed by atoms with Crippen molar-refractivity contribution in [2.45, 2.75) is 45.4 Å². The number of hydrogen-bond donors (Lipinski definition) is 1. The number of hydrogen-bond acceptors (Lipinski definition) is 3. The molecule has 0 radical (unpaired) electrons. The molecule has 5 nitrogen and oxygen atoms in total. The Kier molecular flexibility index (Phi) is 5.02. The maximum Gasteiger partial charge on any atom is 0.311 e. The maximum absolute atomic E-state index is 12.4. The summed E-state index contributed by atoms with van der Waals surface area (Å²) in [7, 11) is 0. The Morgan fingerprint density at radius 3 is 2.45 bits per heavy atom. The van der Waals surface area contributed by atoms with Crippen LogP contribution in [0.25, 0.3) is 0 Å². The van der Waals surface area contributed by atoms with Gasteiger partial charge in [0, 0.05) is 13.1 Å². The van der Waals surface area contributed by atoms with Gasteiger partial charge in [0.15, 0.2) is 0 Å². The van der Waals surface area contributed by atoms with Gasteiger partial charge in [-0.2, -0.15) is 0 Å². The lowest BCUT2D eigenvalue weighted by Crippen LogP contribution is -2.51. The number of nitrogens with zero attached hydrogens (tertiary/aromatic N) is 2. The molecule has 0 aliphatic carbocycles. The molecule has 0 aromatic heterocycles. The van der Waals surface area contributed by atoms with Gasteiger partial charge in [-0.15, -0.1) is 0 Å². The Balaban J connectivity index is 1.97. The van der Waals surface area contributed by atoms with Crippen molar-refractivity contribution in [2.24, 2.45) is 5.41 Å². The molecule has 2 rings (SSSR count). The highest BCUT2D eigenvalue weighted by Gasteiger charge is 2.42. The van der Waals surface area contributed by atoms with E-state index in [2.05, 4.69) is 4.90 Å². The van der Waals surface area contributed by atoms with Crippen molar-refractivity contribution in [3.63, 3.8) is 0 Å². The second-order valence-corrected chi connectivity index (χ2v) is 6.24. The normalized spacial score (nSPS) is 27.8. The predicted octanol–water partition coefficient (Wildman–Crippen LogP) is 1.58. The topological polar surface area (TPSA) is 60.9 Å².